The van der Waals surface area contributed by atoms with Crippen molar-refractivity contribution in [2.45, 2.75) is 18.6 Å². The average molecular weight is 268 g/mol. The fourth-order valence-corrected chi connectivity index (χ4v) is 1.40. The van der Waals surface area contributed by atoms with Crippen LogP contribution in [0, 0.1) is 0 Å². The van der Waals surface area contributed by atoms with Crippen LogP contribution in [0.2, 0.25) is 0 Å². The Labute approximate surface area is 107 Å². The number of isocyanates is 1. The van der Waals surface area contributed by atoms with E-state index in [0.29, 0.717) is 5.69 Å². The number of ketones is 1. The van der Waals surface area contributed by atoms with Gasteiger partial charge < -0.3 is 20.6 Å². The van der Waals surface area contributed by atoms with Crippen LogP contribution >= 0.6 is 0 Å². The Balaban J connectivity index is 2.68. The number of aromatic nitrogens is 2. The molecule has 1 unspecified atom stereocenters. The zero-order valence-electron chi connectivity index (χ0n) is 9.78. The van der Waals surface area contributed by atoms with Crippen molar-refractivity contribution in [3.63, 3.8) is 0 Å². The van der Waals surface area contributed by atoms with Gasteiger partial charge in [-0.15, -0.1) is 0 Å². The molecule has 19 heavy (non-hydrogen) atoms. The van der Waals surface area contributed by atoms with Gasteiger partial charge in [0, 0.05) is 18.3 Å². The number of carbonyl (C=O) groups excluding carboxylic acids is 2. The predicted octanol–water partition coefficient (Wildman–Crippen LogP) is -0.752. The SMILES string of the molecule is N[C@@H](Cc1cnc[nH]1)C(=O)C(CN=C=O)OC(=O)O. The molecule has 0 radical (unpaired) electrons. The van der Waals surface area contributed by atoms with Gasteiger partial charge in [-0.3, -0.25) is 4.79 Å². The van der Waals surface area contributed by atoms with Gasteiger partial charge in [0.2, 0.25) is 6.08 Å². The zero-order chi connectivity index (χ0) is 14.3. The second-order valence-corrected chi connectivity index (χ2v) is 3.59. The van der Waals surface area contributed by atoms with E-state index in [-0.39, 0.29) is 6.42 Å². The summed E-state index contributed by atoms with van der Waals surface area (Å²) in [4.78, 5) is 42.0. The van der Waals surface area contributed by atoms with Crippen molar-refractivity contribution >= 4 is 18.0 Å². The first kappa shape index (κ1) is 14.6. The lowest BCUT2D eigenvalue weighted by atomic mass is 10.0. The Kier molecular flexibility index (Phi) is 5.39. The van der Waals surface area contributed by atoms with E-state index in [1.165, 1.54) is 18.6 Å². The van der Waals surface area contributed by atoms with Crippen LogP contribution in [-0.2, 0) is 20.7 Å². The topological polar surface area (TPSA) is 148 Å². The maximum absolute atomic E-state index is 11.9. The molecular formula is C10H12N4O5. The van der Waals surface area contributed by atoms with Crippen molar-refractivity contribution in [1.29, 1.82) is 0 Å². The number of nitrogens with one attached hydrogen (secondary N) is 1. The summed E-state index contributed by atoms with van der Waals surface area (Å²) in [6, 6.07) is -0.994. The number of carbonyl (C=O) groups is 2. The third-order valence-electron chi connectivity index (χ3n) is 2.24. The molecule has 9 nitrogen and oxygen atoms in total. The van der Waals surface area contributed by atoms with Crippen LogP contribution in [0.5, 0.6) is 0 Å². The number of aromatic amines is 1. The standard InChI is InChI=1S/C10H12N4O5/c11-7(1-6-2-12-4-14-6)9(16)8(3-13-5-15)19-10(17)18/h2,4,7-8H,1,3,11H2,(H,12,14)(H,17,18)/t7-,8?/m0/s1. The Bertz CT molecular complexity index is 476. The monoisotopic (exact) mass is 268 g/mol. The normalized spacial score (nSPS) is 13.1. The van der Waals surface area contributed by atoms with E-state index in [4.69, 9.17) is 10.8 Å². The summed E-state index contributed by atoms with van der Waals surface area (Å²) < 4.78 is 4.34. The van der Waals surface area contributed by atoms with Crippen LogP contribution in [-0.4, -0.2) is 51.8 Å². The van der Waals surface area contributed by atoms with E-state index in [2.05, 4.69) is 19.7 Å². The van der Waals surface area contributed by atoms with E-state index in [1.54, 1.807) is 0 Å². The largest absolute Gasteiger partial charge is 0.506 e. The molecule has 0 fully saturated rings. The minimum Gasteiger partial charge on any atom is -0.450 e. The number of hydrogen-bond acceptors (Lipinski definition) is 7. The van der Waals surface area contributed by atoms with Crippen molar-refractivity contribution in [3.05, 3.63) is 18.2 Å². The summed E-state index contributed by atoms with van der Waals surface area (Å²) in [5.41, 5.74) is 6.27. The highest BCUT2D eigenvalue weighted by atomic mass is 16.7. The molecule has 0 saturated heterocycles. The lowest BCUT2D eigenvalue weighted by Gasteiger charge is -2.16. The van der Waals surface area contributed by atoms with Gasteiger partial charge in [-0.05, 0) is 0 Å². The smallest absolute Gasteiger partial charge is 0.450 e. The number of nitrogens with two attached hydrogens (primary N) is 1. The predicted molar refractivity (Wildman–Crippen MR) is 61.2 cm³/mol. The lowest BCUT2D eigenvalue weighted by molar-refractivity contribution is -0.129. The second kappa shape index (κ2) is 7.04. The molecular weight excluding hydrogens is 256 g/mol. The molecule has 0 spiro atoms. The fraction of sp³-hybridized carbons (Fsp3) is 0.400. The Morgan fingerprint density at radius 3 is 2.89 bits per heavy atom. The Morgan fingerprint density at radius 2 is 2.37 bits per heavy atom. The number of H-pyrrole nitrogens is 1. The summed E-state index contributed by atoms with van der Waals surface area (Å²) in [5.74, 6) is -0.670. The van der Waals surface area contributed by atoms with E-state index in [1.807, 2.05) is 0 Å². The molecule has 0 aromatic carbocycles. The number of nitrogens with zero attached hydrogens (tertiary/aromatic N) is 2. The highest BCUT2D eigenvalue weighted by Crippen LogP contribution is 2.04. The second-order valence-electron chi connectivity index (χ2n) is 3.59. The Morgan fingerprint density at radius 1 is 1.63 bits per heavy atom. The first-order chi connectivity index (χ1) is 9.04. The lowest BCUT2D eigenvalue weighted by Crippen LogP contribution is -2.43. The van der Waals surface area contributed by atoms with Gasteiger partial charge in [0.25, 0.3) is 0 Å². The van der Waals surface area contributed by atoms with Crippen LogP contribution in [0.25, 0.3) is 0 Å². The molecule has 2 atom stereocenters. The highest BCUT2D eigenvalue weighted by molar-refractivity contribution is 5.89. The van der Waals surface area contributed by atoms with E-state index < -0.39 is 30.6 Å². The van der Waals surface area contributed by atoms with Gasteiger partial charge in [0.05, 0.1) is 18.9 Å². The number of carboxylic acid groups (broad SMARTS) is 1. The summed E-state index contributed by atoms with van der Waals surface area (Å²) in [6.45, 7) is -0.439. The van der Waals surface area contributed by atoms with Gasteiger partial charge in [-0.25, -0.2) is 19.6 Å². The molecule has 0 aliphatic rings. The zero-order valence-corrected chi connectivity index (χ0v) is 9.78. The maximum atomic E-state index is 11.9. The molecule has 0 amide bonds. The molecule has 1 aromatic rings. The molecule has 1 rings (SSSR count). The molecule has 4 N–H and O–H groups in total. The number of hydrogen-bond donors (Lipinski definition) is 3. The van der Waals surface area contributed by atoms with Crippen LogP contribution in [0.1, 0.15) is 5.69 Å². The minimum atomic E-state index is -1.65. The van der Waals surface area contributed by atoms with E-state index >= 15 is 0 Å². The number of Topliss-reactive ketones (excluding diaryl/α,β-unsaturated/α-hetero) is 1. The van der Waals surface area contributed by atoms with Crippen molar-refractivity contribution in [3.8, 4) is 0 Å². The van der Waals surface area contributed by atoms with Crippen LogP contribution in [0.3, 0.4) is 0 Å². The number of imidazole rings is 1. The first-order valence-corrected chi connectivity index (χ1v) is 5.24. The van der Waals surface area contributed by atoms with Crippen LogP contribution in [0.4, 0.5) is 4.79 Å². The molecule has 0 bridgehead atoms. The van der Waals surface area contributed by atoms with Crippen molar-refractivity contribution in [1.82, 2.24) is 9.97 Å². The average Bonchev–Trinajstić information content (AvgIpc) is 2.85. The first-order valence-electron chi connectivity index (χ1n) is 5.24. The summed E-state index contributed by atoms with van der Waals surface area (Å²) in [6.07, 6.45) is 1.20. The van der Waals surface area contributed by atoms with Crippen LogP contribution < -0.4 is 5.73 Å². The number of rotatable bonds is 7. The quantitative estimate of drug-likeness (QED) is 0.334. The molecule has 0 aliphatic carbocycles. The van der Waals surface area contributed by atoms with E-state index in [9.17, 15) is 14.4 Å². The van der Waals surface area contributed by atoms with Crippen molar-refractivity contribution in [2.75, 3.05) is 6.54 Å². The van der Waals surface area contributed by atoms with Gasteiger partial charge in [-0.1, -0.05) is 0 Å². The van der Waals surface area contributed by atoms with Crippen LogP contribution in [0.15, 0.2) is 17.5 Å². The van der Waals surface area contributed by atoms with E-state index in [0.717, 1.165) is 0 Å². The van der Waals surface area contributed by atoms with Gasteiger partial charge in [0.1, 0.15) is 0 Å². The molecule has 1 aromatic heterocycles. The summed E-state index contributed by atoms with van der Waals surface area (Å²) in [5, 5.41) is 8.50. The van der Waals surface area contributed by atoms with Gasteiger partial charge in [-0.2, -0.15) is 0 Å². The summed E-state index contributed by atoms with van der Waals surface area (Å²) >= 11 is 0. The van der Waals surface area contributed by atoms with Crippen molar-refractivity contribution in [2.24, 2.45) is 10.7 Å². The van der Waals surface area contributed by atoms with Gasteiger partial charge in [0.15, 0.2) is 11.9 Å². The minimum absolute atomic E-state index is 0.142. The number of ether oxygens (including phenoxy) is 1. The molecule has 0 aliphatic heterocycles. The highest BCUT2D eigenvalue weighted by Gasteiger charge is 2.28. The molecule has 9 heteroatoms. The molecule has 1 heterocycles. The molecule has 0 saturated carbocycles. The maximum Gasteiger partial charge on any atom is 0.506 e. The fourth-order valence-electron chi connectivity index (χ4n) is 1.40. The van der Waals surface area contributed by atoms with Crippen molar-refractivity contribution < 1.29 is 24.2 Å². The third-order valence-corrected chi connectivity index (χ3v) is 2.24. The molecule has 102 valence electrons. The Hall–Kier alpha value is -2.51. The summed E-state index contributed by atoms with van der Waals surface area (Å²) in [7, 11) is 0. The number of aliphatic imine (C=N–C) groups is 1. The van der Waals surface area contributed by atoms with Gasteiger partial charge >= 0.3 is 6.16 Å². The third kappa shape index (κ3) is 4.70.